The molecule has 1 aromatic carbocycles. The largest absolute Gasteiger partial charge is 0.311 e. The molecule has 1 heteroatoms. The van der Waals surface area contributed by atoms with E-state index in [2.05, 4.69) is 43.4 Å². The van der Waals surface area contributed by atoms with E-state index in [1.807, 2.05) is 0 Å². The van der Waals surface area contributed by atoms with Gasteiger partial charge >= 0.3 is 0 Å². The second-order valence-electron chi connectivity index (χ2n) is 5.60. The van der Waals surface area contributed by atoms with Gasteiger partial charge in [0.1, 0.15) is 0 Å². The van der Waals surface area contributed by atoms with E-state index in [0.29, 0.717) is 12.1 Å². The summed E-state index contributed by atoms with van der Waals surface area (Å²) in [7, 11) is 0. The van der Waals surface area contributed by atoms with Gasteiger partial charge < -0.3 is 5.32 Å². The summed E-state index contributed by atoms with van der Waals surface area (Å²) in [5.41, 5.74) is 3.25. The number of hydrogen-bond donors (Lipinski definition) is 1. The van der Waals surface area contributed by atoms with Gasteiger partial charge in [-0.3, -0.25) is 0 Å². The van der Waals surface area contributed by atoms with Gasteiger partial charge in [-0.15, -0.1) is 0 Å². The van der Waals surface area contributed by atoms with Crippen LogP contribution < -0.4 is 5.32 Å². The summed E-state index contributed by atoms with van der Waals surface area (Å²) >= 11 is 0. The van der Waals surface area contributed by atoms with Gasteiger partial charge in [0.05, 0.1) is 0 Å². The first-order chi connectivity index (χ1) is 7.75. The molecule has 1 saturated carbocycles. The zero-order chi connectivity index (χ0) is 11.1. The zero-order valence-corrected chi connectivity index (χ0v) is 10.2. The first kappa shape index (κ1) is 10.3. The summed E-state index contributed by atoms with van der Waals surface area (Å²) in [4.78, 5) is 0. The Labute approximate surface area is 98.3 Å². The van der Waals surface area contributed by atoms with Crippen molar-refractivity contribution < 1.29 is 0 Å². The molecule has 16 heavy (non-hydrogen) atoms. The lowest BCUT2D eigenvalue weighted by atomic mass is 9.87. The lowest BCUT2D eigenvalue weighted by molar-refractivity contribution is 0.573. The summed E-state index contributed by atoms with van der Waals surface area (Å²) in [5.74, 6) is 1.60. The minimum atomic E-state index is 0.634. The molecule has 3 unspecified atom stereocenters. The molecule has 1 aromatic rings. The fourth-order valence-corrected chi connectivity index (χ4v) is 3.23. The van der Waals surface area contributed by atoms with Crippen molar-refractivity contribution in [1.82, 2.24) is 5.32 Å². The fourth-order valence-electron chi connectivity index (χ4n) is 3.23. The highest BCUT2D eigenvalue weighted by atomic mass is 15.0. The minimum Gasteiger partial charge on any atom is -0.311 e. The molecule has 1 aliphatic carbocycles. The quantitative estimate of drug-likeness (QED) is 0.797. The van der Waals surface area contributed by atoms with Crippen LogP contribution in [0.2, 0.25) is 0 Å². The van der Waals surface area contributed by atoms with Gasteiger partial charge in [0.25, 0.3) is 0 Å². The van der Waals surface area contributed by atoms with Gasteiger partial charge in [-0.25, -0.2) is 0 Å². The minimum absolute atomic E-state index is 0.634. The Kier molecular flexibility index (Phi) is 2.51. The standard InChI is InChI=1S/C15H21N/c1-10-9-15(11(2)16-10)14-6-4-3-5-13(14)12-7-8-12/h3-6,10-12,15-16H,7-9H2,1-2H3. The van der Waals surface area contributed by atoms with E-state index in [-0.39, 0.29) is 0 Å². The second-order valence-corrected chi connectivity index (χ2v) is 5.60. The molecule has 1 aliphatic heterocycles. The van der Waals surface area contributed by atoms with E-state index in [1.165, 1.54) is 19.3 Å². The molecule has 0 radical (unpaired) electrons. The van der Waals surface area contributed by atoms with Crippen molar-refractivity contribution >= 4 is 0 Å². The first-order valence-corrected chi connectivity index (χ1v) is 6.60. The lowest BCUT2D eigenvalue weighted by Crippen LogP contribution is -2.26. The van der Waals surface area contributed by atoms with Crippen LogP contribution in [-0.4, -0.2) is 12.1 Å². The summed E-state index contributed by atoms with van der Waals surface area (Å²) < 4.78 is 0. The summed E-state index contributed by atoms with van der Waals surface area (Å²) in [6.45, 7) is 4.63. The fraction of sp³-hybridized carbons (Fsp3) is 0.600. The first-order valence-electron chi connectivity index (χ1n) is 6.60. The van der Waals surface area contributed by atoms with E-state index < -0.39 is 0 Å². The van der Waals surface area contributed by atoms with Crippen molar-refractivity contribution in [1.29, 1.82) is 0 Å². The molecular formula is C15H21N. The number of hydrogen-bond acceptors (Lipinski definition) is 1. The van der Waals surface area contributed by atoms with Gasteiger partial charge in [0.15, 0.2) is 0 Å². The predicted octanol–water partition coefficient (Wildman–Crippen LogP) is 3.42. The van der Waals surface area contributed by atoms with Crippen molar-refractivity contribution in [3.05, 3.63) is 35.4 Å². The van der Waals surface area contributed by atoms with Crippen LogP contribution in [0.15, 0.2) is 24.3 Å². The van der Waals surface area contributed by atoms with Crippen LogP contribution in [0.3, 0.4) is 0 Å². The SMILES string of the molecule is CC1CC(c2ccccc2C2CC2)C(C)N1. The molecular weight excluding hydrogens is 194 g/mol. The Hall–Kier alpha value is -0.820. The van der Waals surface area contributed by atoms with Crippen LogP contribution in [-0.2, 0) is 0 Å². The molecule has 2 fully saturated rings. The van der Waals surface area contributed by atoms with E-state index in [0.717, 1.165) is 11.8 Å². The molecule has 3 rings (SSSR count). The highest BCUT2D eigenvalue weighted by Crippen LogP contribution is 2.45. The Balaban J connectivity index is 1.93. The van der Waals surface area contributed by atoms with Crippen LogP contribution in [0.4, 0.5) is 0 Å². The average Bonchev–Trinajstić information content (AvgIpc) is 3.05. The highest BCUT2D eigenvalue weighted by molar-refractivity contribution is 5.37. The number of nitrogens with one attached hydrogen (secondary N) is 1. The Morgan fingerprint density at radius 2 is 1.75 bits per heavy atom. The second kappa shape index (κ2) is 3.89. The van der Waals surface area contributed by atoms with Crippen LogP contribution >= 0.6 is 0 Å². The van der Waals surface area contributed by atoms with Gasteiger partial charge in [-0.05, 0) is 50.2 Å². The summed E-state index contributed by atoms with van der Waals surface area (Å²) in [6, 6.07) is 10.4. The molecule has 1 heterocycles. The maximum absolute atomic E-state index is 3.65. The van der Waals surface area contributed by atoms with Crippen molar-refractivity contribution in [3.63, 3.8) is 0 Å². The highest BCUT2D eigenvalue weighted by Gasteiger charge is 2.33. The maximum atomic E-state index is 3.65. The number of benzene rings is 1. The van der Waals surface area contributed by atoms with Crippen LogP contribution in [0.5, 0.6) is 0 Å². The molecule has 0 aromatic heterocycles. The molecule has 3 atom stereocenters. The van der Waals surface area contributed by atoms with Gasteiger partial charge in [-0.2, -0.15) is 0 Å². The van der Waals surface area contributed by atoms with Crippen molar-refractivity contribution in [3.8, 4) is 0 Å². The molecule has 86 valence electrons. The van der Waals surface area contributed by atoms with Crippen molar-refractivity contribution in [2.24, 2.45) is 0 Å². The zero-order valence-electron chi connectivity index (χ0n) is 10.2. The normalized spacial score (nSPS) is 34.2. The molecule has 1 saturated heterocycles. The van der Waals surface area contributed by atoms with Gasteiger partial charge in [0, 0.05) is 18.0 Å². The van der Waals surface area contributed by atoms with E-state index >= 15 is 0 Å². The molecule has 1 nitrogen and oxygen atoms in total. The molecule has 1 N–H and O–H groups in total. The Morgan fingerprint density at radius 1 is 1.06 bits per heavy atom. The molecule has 0 spiro atoms. The van der Waals surface area contributed by atoms with Crippen molar-refractivity contribution in [2.75, 3.05) is 0 Å². The summed E-state index contributed by atoms with van der Waals surface area (Å²) in [5, 5.41) is 3.65. The Morgan fingerprint density at radius 3 is 2.31 bits per heavy atom. The third-order valence-electron chi connectivity index (χ3n) is 4.17. The topological polar surface area (TPSA) is 12.0 Å². The van der Waals surface area contributed by atoms with E-state index in [4.69, 9.17) is 0 Å². The van der Waals surface area contributed by atoms with Gasteiger partial charge in [-0.1, -0.05) is 24.3 Å². The van der Waals surface area contributed by atoms with Crippen molar-refractivity contribution in [2.45, 2.75) is 57.0 Å². The van der Waals surface area contributed by atoms with E-state index in [1.54, 1.807) is 11.1 Å². The monoisotopic (exact) mass is 215 g/mol. The maximum Gasteiger partial charge on any atom is 0.0111 e. The van der Waals surface area contributed by atoms with Crippen LogP contribution in [0.1, 0.15) is 56.1 Å². The lowest BCUT2D eigenvalue weighted by Gasteiger charge is -2.19. The smallest absolute Gasteiger partial charge is 0.0111 e. The molecule has 0 bridgehead atoms. The number of rotatable bonds is 2. The van der Waals surface area contributed by atoms with Gasteiger partial charge in [0.2, 0.25) is 0 Å². The predicted molar refractivity (Wildman–Crippen MR) is 67.8 cm³/mol. The third kappa shape index (κ3) is 1.78. The average molecular weight is 215 g/mol. The van der Waals surface area contributed by atoms with Crippen LogP contribution in [0.25, 0.3) is 0 Å². The van der Waals surface area contributed by atoms with E-state index in [9.17, 15) is 0 Å². The summed E-state index contributed by atoms with van der Waals surface area (Å²) in [6.07, 6.45) is 4.10. The van der Waals surface area contributed by atoms with Crippen LogP contribution in [0, 0.1) is 0 Å². The Bertz CT molecular complexity index is 381. The molecule has 2 aliphatic rings. The third-order valence-corrected chi connectivity index (χ3v) is 4.17. The molecule has 0 amide bonds.